The van der Waals surface area contributed by atoms with Gasteiger partial charge in [-0.2, -0.15) is 0 Å². The minimum atomic E-state index is -1.02. The van der Waals surface area contributed by atoms with Gasteiger partial charge < -0.3 is 24.6 Å². The van der Waals surface area contributed by atoms with Crippen LogP contribution in [0.5, 0.6) is 0 Å². The largest absolute Gasteiger partial charge is 0.459 e. The van der Waals surface area contributed by atoms with E-state index >= 15 is 0 Å². The third kappa shape index (κ3) is 2.39. The lowest BCUT2D eigenvalue weighted by atomic mass is 9.77. The lowest BCUT2D eigenvalue weighted by molar-refractivity contribution is -0.153. The molecule has 5 atom stereocenters. The summed E-state index contributed by atoms with van der Waals surface area (Å²) in [7, 11) is 0. The van der Waals surface area contributed by atoms with Crippen LogP contribution in [0.15, 0.2) is 24.3 Å². The van der Waals surface area contributed by atoms with Crippen molar-refractivity contribution in [3.63, 3.8) is 0 Å². The molecule has 7 heteroatoms. The summed E-state index contributed by atoms with van der Waals surface area (Å²) in [5, 5.41) is 19.4. The van der Waals surface area contributed by atoms with Crippen molar-refractivity contribution < 1.29 is 29.3 Å². The standard InChI is InChI=1S/C16H21NO6/c1-9(2)15(21)22-8-16-5-4-10(23-16)11-12(16)14(20)17(13(11)19)6-3-7-18/h4-5,10-13,18-19H,1,3,6-8H2,2H3. The average Bonchev–Trinajstić information content (AvgIpc) is 3.15. The van der Waals surface area contributed by atoms with Gasteiger partial charge in [0.15, 0.2) is 0 Å². The molecule has 126 valence electrons. The number of aliphatic hydroxyl groups is 2. The van der Waals surface area contributed by atoms with Gasteiger partial charge in [0.05, 0.1) is 12.0 Å². The summed E-state index contributed by atoms with van der Waals surface area (Å²) in [6.45, 7) is 5.23. The molecule has 0 radical (unpaired) electrons. The number of amides is 1. The fraction of sp³-hybridized carbons (Fsp3) is 0.625. The van der Waals surface area contributed by atoms with Crippen LogP contribution in [-0.4, -0.2) is 64.7 Å². The van der Waals surface area contributed by atoms with Gasteiger partial charge in [-0.3, -0.25) is 4.79 Å². The third-order valence-electron chi connectivity index (χ3n) is 4.76. The number of hydrogen-bond donors (Lipinski definition) is 2. The van der Waals surface area contributed by atoms with Crippen molar-refractivity contribution in [2.75, 3.05) is 19.8 Å². The molecule has 0 aromatic carbocycles. The molecule has 5 unspecified atom stereocenters. The highest BCUT2D eigenvalue weighted by Gasteiger charge is 2.67. The van der Waals surface area contributed by atoms with Crippen LogP contribution in [0.4, 0.5) is 0 Å². The molecule has 0 aromatic heterocycles. The molecule has 3 aliphatic rings. The number of ether oxygens (including phenoxy) is 2. The summed E-state index contributed by atoms with van der Waals surface area (Å²) >= 11 is 0. The maximum Gasteiger partial charge on any atom is 0.333 e. The van der Waals surface area contributed by atoms with Crippen LogP contribution in [0.25, 0.3) is 0 Å². The molecule has 3 rings (SSSR count). The Morgan fingerprint density at radius 2 is 2.30 bits per heavy atom. The van der Waals surface area contributed by atoms with Gasteiger partial charge in [-0.25, -0.2) is 4.79 Å². The SMILES string of the molecule is C=C(C)C(=O)OCC12C=CC(O1)C1C(O)N(CCCO)C(=O)C12. The molecule has 0 spiro atoms. The normalized spacial score (nSPS) is 37.3. The molecule has 2 N–H and O–H groups in total. The van der Waals surface area contributed by atoms with Crippen LogP contribution >= 0.6 is 0 Å². The molecule has 2 fully saturated rings. The van der Waals surface area contributed by atoms with Gasteiger partial charge in [0.2, 0.25) is 5.91 Å². The summed E-state index contributed by atoms with van der Waals surface area (Å²) in [6, 6.07) is 0. The molecule has 1 amide bonds. The molecule has 3 heterocycles. The van der Waals surface area contributed by atoms with E-state index in [1.54, 1.807) is 13.0 Å². The molecule has 0 aliphatic carbocycles. The number of rotatable bonds is 6. The van der Waals surface area contributed by atoms with Gasteiger partial charge in [-0.15, -0.1) is 0 Å². The fourth-order valence-corrected chi connectivity index (χ4v) is 3.68. The number of carbonyl (C=O) groups excluding carboxylic acids is 2. The Labute approximate surface area is 134 Å². The predicted molar refractivity (Wildman–Crippen MR) is 78.9 cm³/mol. The van der Waals surface area contributed by atoms with Gasteiger partial charge >= 0.3 is 5.97 Å². The Balaban J connectivity index is 1.79. The van der Waals surface area contributed by atoms with E-state index < -0.39 is 23.7 Å². The average molecular weight is 323 g/mol. The highest BCUT2D eigenvalue weighted by Crippen LogP contribution is 2.53. The van der Waals surface area contributed by atoms with Crippen LogP contribution in [0.3, 0.4) is 0 Å². The van der Waals surface area contributed by atoms with Crippen molar-refractivity contribution in [1.29, 1.82) is 0 Å². The number of likely N-dealkylation sites (tertiary alicyclic amines) is 1. The summed E-state index contributed by atoms with van der Waals surface area (Å²) in [4.78, 5) is 25.7. The van der Waals surface area contributed by atoms with Gasteiger partial charge in [0, 0.05) is 24.6 Å². The van der Waals surface area contributed by atoms with Crippen LogP contribution in [0.1, 0.15) is 13.3 Å². The van der Waals surface area contributed by atoms with Gasteiger partial charge in [0.1, 0.15) is 18.4 Å². The minimum Gasteiger partial charge on any atom is -0.459 e. The first kappa shape index (κ1) is 16.2. The molecular formula is C16H21NO6. The second-order valence-electron chi connectivity index (χ2n) is 6.33. The molecule has 3 aliphatic heterocycles. The molecule has 0 saturated carbocycles. The zero-order valence-corrected chi connectivity index (χ0v) is 13.0. The molecular weight excluding hydrogens is 302 g/mol. The maximum atomic E-state index is 12.7. The van der Waals surface area contributed by atoms with E-state index in [-0.39, 0.29) is 43.3 Å². The highest BCUT2D eigenvalue weighted by atomic mass is 16.6. The monoisotopic (exact) mass is 323 g/mol. The van der Waals surface area contributed by atoms with E-state index in [1.807, 2.05) is 6.08 Å². The van der Waals surface area contributed by atoms with E-state index in [2.05, 4.69) is 6.58 Å². The Kier molecular flexibility index (Phi) is 4.03. The fourth-order valence-electron chi connectivity index (χ4n) is 3.68. The Morgan fingerprint density at radius 3 is 2.96 bits per heavy atom. The van der Waals surface area contributed by atoms with Crippen molar-refractivity contribution in [3.05, 3.63) is 24.3 Å². The zero-order valence-electron chi connectivity index (χ0n) is 13.0. The van der Waals surface area contributed by atoms with Crippen LogP contribution in [0.2, 0.25) is 0 Å². The van der Waals surface area contributed by atoms with Crippen LogP contribution in [-0.2, 0) is 19.1 Å². The number of carbonyl (C=O) groups is 2. The van der Waals surface area contributed by atoms with E-state index in [1.165, 1.54) is 4.90 Å². The summed E-state index contributed by atoms with van der Waals surface area (Å²) < 4.78 is 11.1. The van der Waals surface area contributed by atoms with Crippen molar-refractivity contribution in [2.45, 2.75) is 31.3 Å². The first-order valence-corrected chi connectivity index (χ1v) is 7.70. The van der Waals surface area contributed by atoms with Gasteiger partial charge in [-0.1, -0.05) is 18.7 Å². The molecule has 2 saturated heterocycles. The van der Waals surface area contributed by atoms with Crippen LogP contribution < -0.4 is 0 Å². The number of esters is 1. The van der Waals surface area contributed by atoms with E-state index in [0.29, 0.717) is 6.42 Å². The Bertz CT molecular complexity index is 573. The molecule has 7 nitrogen and oxygen atoms in total. The maximum absolute atomic E-state index is 12.7. The number of aliphatic hydroxyl groups excluding tert-OH is 2. The summed E-state index contributed by atoms with van der Waals surface area (Å²) in [6.07, 6.45) is 2.64. The quantitative estimate of drug-likeness (QED) is 0.392. The Hall–Kier alpha value is -1.70. The first-order valence-electron chi connectivity index (χ1n) is 7.70. The third-order valence-corrected chi connectivity index (χ3v) is 4.76. The van der Waals surface area contributed by atoms with Crippen molar-refractivity contribution >= 4 is 11.9 Å². The second kappa shape index (κ2) is 5.74. The number of nitrogens with zero attached hydrogens (tertiary/aromatic N) is 1. The zero-order chi connectivity index (χ0) is 16.8. The topological polar surface area (TPSA) is 96.3 Å². The summed E-state index contributed by atoms with van der Waals surface area (Å²) in [5.74, 6) is -1.72. The number of hydrogen-bond acceptors (Lipinski definition) is 6. The van der Waals surface area contributed by atoms with Crippen LogP contribution in [0, 0.1) is 11.8 Å². The van der Waals surface area contributed by atoms with Gasteiger partial charge in [0.25, 0.3) is 0 Å². The summed E-state index contributed by atoms with van der Waals surface area (Å²) in [5.41, 5.74) is -0.747. The predicted octanol–water partition coefficient (Wildman–Crippen LogP) is -0.412. The lowest BCUT2D eigenvalue weighted by Crippen LogP contribution is -2.45. The highest BCUT2D eigenvalue weighted by molar-refractivity contribution is 5.87. The first-order chi connectivity index (χ1) is 10.9. The van der Waals surface area contributed by atoms with E-state index in [4.69, 9.17) is 14.6 Å². The molecule has 23 heavy (non-hydrogen) atoms. The van der Waals surface area contributed by atoms with E-state index in [9.17, 15) is 14.7 Å². The van der Waals surface area contributed by atoms with Crippen molar-refractivity contribution in [1.82, 2.24) is 4.90 Å². The van der Waals surface area contributed by atoms with Gasteiger partial charge in [-0.05, 0) is 13.3 Å². The smallest absolute Gasteiger partial charge is 0.333 e. The molecule has 2 bridgehead atoms. The lowest BCUT2D eigenvalue weighted by Gasteiger charge is -2.28. The van der Waals surface area contributed by atoms with Crippen molar-refractivity contribution in [2.24, 2.45) is 11.8 Å². The Morgan fingerprint density at radius 1 is 1.57 bits per heavy atom. The van der Waals surface area contributed by atoms with Crippen molar-refractivity contribution in [3.8, 4) is 0 Å². The molecule has 0 aromatic rings. The number of fused-ring (bicyclic) bond motifs is 5. The second-order valence-corrected chi connectivity index (χ2v) is 6.33. The van der Waals surface area contributed by atoms with E-state index in [0.717, 1.165) is 0 Å². The minimum absolute atomic E-state index is 0.0502.